The second kappa shape index (κ2) is 11.4. The second-order valence-electron chi connectivity index (χ2n) is 3.81. The lowest BCUT2D eigenvalue weighted by Gasteiger charge is -2.24. The molecule has 0 radical (unpaired) electrons. The molecule has 0 fully saturated rings. The highest BCUT2D eigenvalue weighted by Crippen LogP contribution is 1.98. The van der Waals surface area contributed by atoms with Crippen LogP contribution >= 0.6 is 0 Å². The van der Waals surface area contributed by atoms with Crippen molar-refractivity contribution in [1.29, 1.82) is 0 Å². The molecule has 0 unspecified atom stereocenters. The average molecular weight is 237 g/mol. The monoisotopic (exact) mass is 237 g/mol. The minimum absolute atomic E-state index is 0.771. The number of aliphatic imine (C=N–C) groups is 1. The molecule has 0 saturated heterocycles. The molecular weight excluding hydrogens is 210 g/mol. The van der Waals surface area contributed by atoms with Gasteiger partial charge in [0.05, 0.1) is 6.54 Å². The lowest BCUT2D eigenvalue weighted by Crippen LogP contribution is -2.36. The maximum atomic E-state index is 4.63. The molecule has 0 heterocycles. The van der Waals surface area contributed by atoms with Crippen LogP contribution < -0.4 is 5.32 Å². The van der Waals surface area contributed by atoms with Gasteiger partial charge in [0.25, 0.3) is 0 Å². The lowest BCUT2D eigenvalue weighted by molar-refractivity contribution is 0.430. The summed E-state index contributed by atoms with van der Waals surface area (Å²) in [6, 6.07) is 0. The van der Waals surface area contributed by atoms with Gasteiger partial charge in [-0.3, -0.25) is 4.99 Å². The van der Waals surface area contributed by atoms with Gasteiger partial charge in [-0.1, -0.05) is 25.2 Å². The number of nitrogens with zero attached hydrogens (tertiary/aromatic N) is 2. The van der Waals surface area contributed by atoms with Gasteiger partial charge in [0.2, 0.25) is 0 Å². The van der Waals surface area contributed by atoms with Crippen molar-refractivity contribution in [2.45, 2.75) is 26.7 Å². The fraction of sp³-hybridized carbons (Fsp3) is 0.643. The SMILES string of the molecule is C=CC/C(=N\C/C=C\CC)N(CC)CCNC. The summed E-state index contributed by atoms with van der Waals surface area (Å²) in [5.41, 5.74) is 0. The fourth-order valence-corrected chi connectivity index (χ4v) is 1.54. The lowest BCUT2D eigenvalue weighted by atomic mass is 10.3. The largest absolute Gasteiger partial charge is 0.359 e. The van der Waals surface area contributed by atoms with Crippen LogP contribution in [-0.4, -0.2) is 44.0 Å². The highest BCUT2D eigenvalue weighted by Gasteiger charge is 2.06. The number of hydrogen-bond donors (Lipinski definition) is 1. The molecule has 0 aliphatic heterocycles. The van der Waals surface area contributed by atoms with Crippen molar-refractivity contribution in [3.63, 3.8) is 0 Å². The topological polar surface area (TPSA) is 27.6 Å². The molecule has 0 aromatic carbocycles. The van der Waals surface area contributed by atoms with E-state index in [9.17, 15) is 0 Å². The Bertz CT molecular complexity index is 244. The van der Waals surface area contributed by atoms with E-state index in [1.807, 2.05) is 13.1 Å². The smallest absolute Gasteiger partial charge is 0.103 e. The van der Waals surface area contributed by atoms with E-state index in [2.05, 4.69) is 47.8 Å². The molecule has 0 saturated carbocycles. The summed E-state index contributed by atoms with van der Waals surface area (Å²) in [7, 11) is 1.97. The first-order valence-corrected chi connectivity index (χ1v) is 6.48. The zero-order valence-electron chi connectivity index (χ0n) is 11.6. The quantitative estimate of drug-likeness (QED) is 0.379. The van der Waals surface area contributed by atoms with E-state index in [4.69, 9.17) is 0 Å². The van der Waals surface area contributed by atoms with Gasteiger partial charge in [-0.05, 0) is 20.4 Å². The molecule has 0 spiro atoms. The fourth-order valence-electron chi connectivity index (χ4n) is 1.54. The Hall–Kier alpha value is -1.09. The summed E-state index contributed by atoms with van der Waals surface area (Å²) in [4.78, 5) is 6.94. The molecule has 3 nitrogen and oxygen atoms in total. The Balaban J connectivity index is 4.43. The average Bonchev–Trinajstić information content (AvgIpc) is 2.35. The number of likely N-dealkylation sites (N-methyl/N-ethyl adjacent to an activating group) is 2. The van der Waals surface area contributed by atoms with Gasteiger partial charge in [0.1, 0.15) is 5.84 Å². The minimum Gasteiger partial charge on any atom is -0.359 e. The van der Waals surface area contributed by atoms with Gasteiger partial charge in [-0.15, -0.1) is 6.58 Å². The minimum atomic E-state index is 0.771. The van der Waals surface area contributed by atoms with Gasteiger partial charge in [-0.2, -0.15) is 0 Å². The Morgan fingerprint density at radius 1 is 1.35 bits per heavy atom. The van der Waals surface area contributed by atoms with Crippen molar-refractivity contribution in [2.75, 3.05) is 33.2 Å². The van der Waals surface area contributed by atoms with Crippen molar-refractivity contribution in [2.24, 2.45) is 4.99 Å². The first-order valence-electron chi connectivity index (χ1n) is 6.48. The molecule has 1 N–H and O–H groups in total. The molecule has 0 bridgehead atoms. The number of amidine groups is 1. The molecule has 0 amide bonds. The molecule has 0 aromatic rings. The summed E-state index contributed by atoms with van der Waals surface area (Å²) in [5, 5.41) is 3.17. The Labute approximate surface area is 106 Å². The van der Waals surface area contributed by atoms with E-state index in [1.54, 1.807) is 0 Å². The van der Waals surface area contributed by atoms with Crippen molar-refractivity contribution in [3.8, 4) is 0 Å². The van der Waals surface area contributed by atoms with E-state index in [-0.39, 0.29) is 0 Å². The van der Waals surface area contributed by atoms with Crippen LogP contribution in [-0.2, 0) is 0 Å². The Morgan fingerprint density at radius 3 is 2.65 bits per heavy atom. The molecular formula is C14H27N3. The van der Waals surface area contributed by atoms with Crippen molar-refractivity contribution in [3.05, 3.63) is 24.8 Å². The van der Waals surface area contributed by atoms with Gasteiger partial charge >= 0.3 is 0 Å². The molecule has 0 atom stereocenters. The van der Waals surface area contributed by atoms with Gasteiger partial charge in [0, 0.05) is 26.1 Å². The highest BCUT2D eigenvalue weighted by molar-refractivity contribution is 5.83. The number of nitrogens with one attached hydrogen (secondary N) is 1. The van der Waals surface area contributed by atoms with Crippen LogP contribution in [0.5, 0.6) is 0 Å². The third kappa shape index (κ3) is 7.75. The number of hydrogen-bond acceptors (Lipinski definition) is 2. The van der Waals surface area contributed by atoms with Crippen LogP contribution in [0.4, 0.5) is 0 Å². The van der Waals surface area contributed by atoms with Gasteiger partial charge in [0.15, 0.2) is 0 Å². The summed E-state index contributed by atoms with van der Waals surface area (Å²) in [5.74, 6) is 1.14. The van der Waals surface area contributed by atoms with Crippen LogP contribution in [0, 0.1) is 0 Å². The molecule has 0 rings (SSSR count). The molecule has 3 heteroatoms. The number of rotatable bonds is 9. The van der Waals surface area contributed by atoms with Crippen LogP contribution in [0.2, 0.25) is 0 Å². The van der Waals surface area contributed by atoms with E-state index in [1.165, 1.54) is 0 Å². The van der Waals surface area contributed by atoms with Crippen LogP contribution in [0.15, 0.2) is 29.8 Å². The van der Waals surface area contributed by atoms with E-state index in [0.29, 0.717) is 0 Å². The summed E-state index contributed by atoms with van der Waals surface area (Å²) >= 11 is 0. The molecule has 17 heavy (non-hydrogen) atoms. The van der Waals surface area contributed by atoms with Crippen LogP contribution in [0.3, 0.4) is 0 Å². The first-order chi connectivity index (χ1) is 8.29. The van der Waals surface area contributed by atoms with Crippen molar-refractivity contribution in [1.82, 2.24) is 10.2 Å². The third-order valence-electron chi connectivity index (χ3n) is 2.49. The van der Waals surface area contributed by atoms with E-state index < -0.39 is 0 Å². The van der Waals surface area contributed by atoms with E-state index >= 15 is 0 Å². The zero-order chi connectivity index (χ0) is 12.9. The Kier molecular flexibility index (Phi) is 10.7. The maximum absolute atomic E-state index is 4.63. The summed E-state index contributed by atoms with van der Waals surface area (Å²) in [6.45, 7) is 11.8. The van der Waals surface area contributed by atoms with Crippen LogP contribution in [0.25, 0.3) is 0 Å². The maximum Gasteiger partial charge on any atom is 0.103 e. The molecule has 98 valence electrons. The van der Waals surface area contributed by atoms with Gasteiger partial charge < -0.3 is 10.2 Å². The summed E-state index contributed by atoms with van der Waals surface area (Å²) in [6.07, 6.45) is 8.11. The number of allylic oxidation sites excluding steroid dienone is 1. The second-order valence-corrected chi connectivity index (χ2v) is 3.81. The standard InChI is InChI=1S/C14H27N3/c1-5-8-9-11-16-14(10-6-2)17(7-3)13-12-15-4/h6,8-9,15H,2,5,7,10-13H2,1,3-4H3/b9-8-,16-14+. The predicted octanol–water partition coefficient (Wildman–Crippen LogP) is 2.47. The third-order valence-corrected chi connectivity index (χ3v) is 2.49. The molecule has 0 aliphatic rings. The van der Waals surface area contributed by atoms with E-state index in [0.717, 1.165) is 44.9 Å². The van der Waals surface area contributed by atoms with Gasteiger partial charge in [-0.25, -0.2) is 0 Å². The molecule has 0 aliphatic carbocycles. The predicted molar refractivity (Wildman–Crippen MR) is 77.7 cm³/mol. The normalized spacial score (nSPS) is 12.1. The van der Waals surface area contributed by atoms with Crippen molar-refractivity contribution >= 4 is 5.84 Å². The van der Waals surface area contributed by atoms with Crippen LogP contribution in [0.1, 0.15) is 26.7 Å². The van der Waals surface area contributed by atoms with Crippen molar-refractivity contribution < 1.29 is 0 Å². The zero-order valence-corrected chi connectivity index (χ0v) is 11.6. The summed E-state index contributed by atoms with van der Waals surface area (Å²) < 4.78 is 0. The highest BCUT2D eigenvalue weighted by atomic mass is 15.2. The Morgan fingerprint density at radius 2 is 2.12 bits per heavy atom. The first kappa shape index (κ1) is 15.9. The molecule has 0 aromatic heterocycles.